The Morgan fingerprint density at radius 2 is 1.45 bits per heavy atom. The number of ether oxygens (including phenoxy) is 3. The largest absolute Gasteiger partial charge is 0.494 e. The van der Waals surface area contributed by atoms with Crippen molar-refractivity contribution in [1.82, 2.24) is 0 Å². The summed E-state index contributed by atoms with van der Waals surface area (Å²) in [7, 11) is 0. The average molecular weight is 576 g/mol. The lowest BCUT2D eigenvalue weighted by Gasteiger charge is -2.14. The topological polar surface area (TPSA) is 87.0 Å². The third-order valence-corrected chi connectivity index (χ3v) is 6.08. The van der Waals surface area contributed by atoms with Crippen LogP contribution in [0.4, 0.5) is 18.9 Å². The molecule has 5 rings (SSSR count). The van der Waals surface area contributed by atoms with Crippen LogP contribution in [0.3, 0.4) is 0 Å². The van der Waals surface area contributed by atoms with Gasteiger partial charge in [-0.3, -0.25) is 9.59 Å². The van der Waals surface area contributed by atoms with E-state index in [-0.39, 0.29) is 22.5 Å². The molecule has 0 spiro atoms. The van der Waals surface area contributed by atoms with Crippen molar-refractivity contribution in [3.63, 3.8) is 0 Å². The summed E-state index contributed by atoms with van der Waals surface area (Å²) in [6, 6.07) is 26.1. The second-order valence-electron chi connectivity index (χ2n) is 9.03. The molecule has 42 heavy (non-hydrogen) atoms. The van der Waals surface area contributed by atoms with E-state index in [4.69, 9.17) is 18.6 Å². The molecule has 7 nitrogen and oxygen atoms in total. The second-order valence-corrected chi connectivity index (χ2v) is 9.03. The molecular formula is C32H24F3NO6. The van der Waals surface area contributed by atoms with Crippen molar-refractivity contribution in [3.05, 3.63) is 113 Å². The van der Waals surface area contributed by atoms with Crippen LogP contribution in [0.25, 0.3) is 22.1 Å². The van der Waals surface area contributed by atoms with Gasteiger partial charge >= 0.3 is 6.18 Å². The molecule has 0 atom stereocenters. The van der Waals surface area contributed by atoms with Gasteiger partial charge in [-0.25, -0.2) is 0 Å². The number of rotatable bonds is 9. The molecule has 0 unspecified atom stereocenters. The predicted molar refractivity (Wildman–Crippen MR) is 151 cm³/mol. The Labute approximate surface area is 238 Å². The van der Waals surface area contributed by atoms with Gasteiger partial charge in [0.2, 0.25) is 11.2 Å². The Balaban J connectivity index is 1.34. The Morgan fingerprint density at radius 3 is 2.12 bits per heavy atom. The molecule has 5 aromatic rings. The molecule has 0 aliphatic rings. The summed E-state index contributed by atoms with van der Waals surface area (Å²) >= 11 is 0. The van der Waals surface area contributed by atoms with Crippen molar-refractivity contribution >= 4 is 22.6 Å². The van der Waals surface area contributed by atoms with Crippen molar-refractivity contribution in [1.29, 1.82) is 0 Å². The molecular weight excluding hydrogens is 551 g/mol. The lowest BCUT2D eigenvalue weighted by molar-refractivity contribution is -0.154. The number of fused-ring (bicyclic) bond motifs is 1. The first-order chi connectivity index (χ1) is 20.2. The van der Waals surface area contributed by atoms with E-state index in [9.17, 15) is 22.8 Å². The lowest BCUT2D eigenvalue weighted by atomic mass is 10.1. The molecule has 4 aromatic carbocycles. The number of hydrogen-bond donors (Lipinski definition) is 1. The van der Waals surface area contributed by atoms with Gasteiger partial charge in [0, 0.05) is 11.8 Å². The quantitative estimate of drug-likeness (QED) is 0.194. The molecule has 10 heteroatoms. The van der Waals surface area contributed by atoms with Crippen LogP contribution >= 0.6 is 0 Å². The van der Waals surface area contributed by atoms with E-state index in [1.165, 1.54) is 24.3 Å². The summed E-state index contributed by atoms with van der Waals surface area (Å²) in [5.41, 5.74) is 0.870. The van der Waals surface area contributed by atoms with E-state index in [1.807, 2.05) is 37.3 Å². The molecule has 0 saturated heterocycles. The average Bonchev–Trinajstić information content (AvgIpc) is 2.99. The van der Waals surface area contributed by atoms with Crippen LogP contribution in [0.5, 0.6) is 23.0 Å². The number of benzene rings is 4. The minimum atomic E-state index is -5.03. The molecule has 1 heterocycles. The zero-order chi connectivity index (χ0) is 29.7. The fraction of sp³-hybridized carbons (Fsp3) is 0.125. The zero-order valence-corrected chi connectivity index (χ0v) is 22.2. The molecule has 0 aliphatic heterocycles. The molecule has 0 fully saturated rings. The minimum Gasteiger partial charge on any atom is -0.494 e. The van der Waals surface area contributed by atoms with E-state index in [0.29, 0.717) is 18.0 Å². The van der Waals surface area contributed by atoms with Gasteiger partial charge in [0.1, 0.15) is 22.8 Å². The fourth-order valence-electron chi connectivity index (χ4n) is 4.14. The third kappa shape index (κ3) is 6.55. The number of alkyl halides is 3. The maximum Gasteiger partial charge on any atom is 0.453 e. The Morgan fingerprint density at radius 1 is 0.810 bits per heavy atom. The van der Waals surface area contributed by atoms with Crippen molar-refractivity contribution < 1.29 is 36.6 Å². The van der Waals surface area contributed by atoms with E-state index >= 15 is 0 Å². The number of nitrogens with one attached hydrogen (secondary N) is 1. The van der Waals surface area contributed by atoms with Crippen molar-refractivity contribution in [2.45, 2.75) is 13.1 Å². The van der Waals surface area contributed by atoms with Crippen LogP contribution in [0.2, 0.25) is 0 Å². The molecule has 214 valence electrons. The number of carbonyl (C=O) groups excluding carboxylic acids is 1. The lowest BCUT2D eigenvalue weighted by Crippen LogP contribution is -2.20. The van der Waals surface area contributed by atoms with Crippen molar-refractivity contribution in [2.24, 2.45) is 0 Å². The molecule has 1 aromatic heterocycles. The standard InChI is InChI=1S/C32H24F3NO6/c1-2-39-23-14-10-22(11-15-23)36-28(37)19-40-25-16-17-26-27(18-25)42-31(32(33,34)35)30(29(26)38)41-24-12-8-21(9-13-24)20-6-4-3-5-7-20/h3-18H,2,19H2,1H3,(H,36,37). The SMILES string of the molecule is CCOc1ccc(NC(=O)COc2ccc3c(=O)c(Oc4ccc(-c5ccccc5)cc4)c(C(F)(F)F)oc3c2)cc1. The van der Waals surface area contributed by atoms with E-state index in [0.717, 1.165) is 17.2 Å². The summed E-state index contributed by atoms with van der Waals surface area (Å²) in [4.78, 5) is 25.4. The predicted octanol–water partition coefficient (Wildman–Crippen LogP) is 7.69. The Kier molecular flexibility index (Phi) is 8.14. The Bertz CT molecular complexity index is 1750. The molecule has 1 N–H and O–H groups in total. The van der Waals surface area contributed by atoms with Crippen LogP contribution in [0.15, 0.2) is 106 Å². The summed E-state index contributed by atoms with van der Waals surface area (Å²) in [5.74, 6) is -2.35. The van der Waals surface area contributed by atoms with Gasteiger partial charge in [-0.1, -0.05) is 42.5 Å². The van der Waals surface area contributed by atoms with E-state index in [2.05, 4.69) is 5.32 Å². The highest BCUT2D eigenvalue weighted by molar-refractivity contribution is 5.92. The van der Waals surface area contributed by atoms with Crippen LogP contribution in [-0.4, -0.2) is 19.1 Å². The highest BCUT2D eigenvalue weighted by atomic mass is 19.4. The number of halogens is 3. The number of amides is 1. The first kappa shape index (κ1) is 28.3. The van der Waals surface area contributed by atoms with Gasteiger partial charge in [-0.15, -0.1) is 0 Å². The minimum absolute atomic E-state index is 0.0327. The van der Waals surface area contributed by atoms with Gasteiger partial charge in [-0.2, -0.15) is 13.2 Å². The first-order valence-corrected chi connectivity index (χ1v) is 12.9. The zero-order valence-electron chi connectivity index (χ0n) is 22.2. The second kappa shape index (κ2) is 12.1. The molecule has 0 saturated carbocycles. The highest BCUT2D eigenvalue weighted by Crippen LogP contribution is 2.39. The van der Waals surface area contributed by atoms with E-state index < -0.39 is 35.6 Å². The Hall–Kier alpha value is -5.25. The molecule has 0 bridgehead atoms. The van der Waals surface area contributed by atoms with Crippen molar-refractivity contribution in [2.75, 3.05) is 18.5 Å². The maximum atomic E-state index is 14.0. The highest BCUT2D eigenvalue weighted by Gasteiger charge is 2.40. The van der Waals surface area contributed by atoms with Crippen LogP contribution in [0.1, 0.15) is 12.7 Å². The maximum absolute atomic E-state index is 14.0. The summed E-state index contributed by atoms with van der Waals surface area (Å²) in [6.07, 6.45) is -5.03. The van der Waals surface area contributed by atoms with Crippen LogP contribution in [0, 0.1) is 0 Å². The molecule has 0 radical (unpaired) electrons. The fourth-order valence-corrected chi connectivity index (χ4v) is 4.14. The van der Waals surface area contributed by atoms with Crippen LogP contribution in [-0.2, 0) is 11.0 Å². The van der Waals surface area contributed by atoms with Crippen LogP contribution < -0.4 is 25.0 Å². The molecule has 1 amide bonds. The molecule has 0 aliphatic carbocycles. The first-order valence-electron chi connectivity index (χ1n) is 12.9. The number of anilines is 1. The normalized spacial score (nSPS) is 11.2. The monoisotopic (exact) mass is 575 g/mol. The third-order valence-electron chi connectivity index (χ3n) is 6.08. The van der Waals surface area contributed by atoms with Gasteiger partial charge in [0.05, 0.1) is 12.0 Å². The van der Waals surface area contributed by atoms with Crippen molar-refractivity contribution in [3.8, 4) is 34.1 Å². The van der Waals surface area contributed by atoms with Gasteiger partial charge in [-0.05, 0) is 66.6 Å². The number of carbonyl (C=O) groups is 1. The summed E-state index contributed by atoms with van der Waals surface area (Å²) in [6.45, 7) is 1.93. The van der Waals surface area contributed by atoms with Gasteiger partial charge < -0.3 is 23.9 Å². The number of hydrogen-bond acceptors (Lipinski definition) is 6. The van der Waals surface area contributed by atoms with Gasteiger partial charge in [0.25, 0.3) is 11.7 Å². The smallest absolute Gasteiger partial charge is 0.453 e. The summed E-state index contributed by atoms with van der Waals surface area (Å²) < 4.78 is 63.3. The van der Waals surface area contributed by atoms with Gasteiger partial charge in [0.15, 0.2) is 6.61 Å². The van der Waals surface area contributed by atoms with E-state index in [1.54, 1.807) is 36.4 Å². The summed E-state index contributed by atoms with van der Waals surface area (Å²) in [5, 5.41) is 2.49.